The number of ketones is 1. The topological polar surface area (TPSA) is 37.3 Å². The average Bonchev–Trinajstić information content (AvgIpc) is 2.80. The molecule has 1 aromatic rings. The van der Waals surface area contributed by atoms with Gasteiger partial charge in [-0.2, -0.15) is 0 Å². The van der Waals surface area contributed by atoms with E-state index >= 15 is 0 Å². The molecule has 1 aliphatic carbocycles. The molecular formula is C12H9F5O2. The average molecular weight is 280 g/mol. The Morgan fingerprint density at radius 3 is 1.84 bits per heavy atom. The van der Waals surface area contributed by atoms with Crippen LogP contribution >= 0.6 is 0 Å². The van der Waals surface area contributed by atoms with Crippen LogP contribution < -0.4 is 0 Å². The minimum atomic E-state index is -2.29. The quantitative estimate of drug-likeness (QED) is 0.514. The Bertz CT molecular complexity index is 514. The lowest BCUT2D eigenvalue weighted by molar-refractivity contribution is -0.123. The van der Waals surface area contributed by atoms with Crippen molar-refractivity contribution >= 4 is 5.78 Å². The highest BCUT2D eigenvalue weighted by Crippen LogP contribution is 2.37. The first-order chi connectivity index (χ1) is 8.86. The highest BCUT2D eigenvalue weighted by atomic mass is 19.2. The summed E-state index contributed by atoms with van der Waals surface area (Å²) in [4.78, 5) is 11.4. The van der Waals surface area contributed by atoms with Gasteiger partial charge in [0.15, 0.2) is 23.3 Å². The summed E-state index contributed by atoms with van der Waals surface area (Å²) in [6.45, 7) is 0. The van der Waals surface area contributed by atoms with E-state index in [1.165, 1.54) is 0 Å². The maximum Gasteiger partial charge on any atom is 0.200 e. The van der Waals surface area contributed by atoms with E-state index in [-0.39, 0.29) is 12.8 Å². The van der Waals surface area contributed by atoms with Crippen LogP contribution in [0, 0.1) is 35.0 Å². The summed E-state index contributed by atoms with van der Waals surface area (Å²) in [5, 5.41) is 9.74. The van der Waals surface area contributed by atoms with E-state index < -0.39 is 52.5 Å². The van der Waals surface area contributed by atoms with Crippen LogP contribution in [0.5, 0.6) is 0 Å². The smallest absolute Gasteiger partial charge is 0.200 e. The number of aliphatic hydroxyl groups excluding tert-OH is 1. The molecule has 2 atom stereocenters. The van der Waals surface area contributed by atoms with Gasteiger partial charge in [0.25, 0.3) is 0 Å². The van der Waals surface area contributed by atoms with Crippen molar-refractivity contribution in [3.8, 4) is 0 Å². The van der Waals surface area contributed by atoms with Gasteiger partial charge < -0.3 is 5.11 Å². The summed E-state index contributed by atoms with van der Waals surface area (Å²) >= 11 is 0. The third-order valence-corrected chi connectivity index (χ3v) is 3.27. The normalized spacial score (nSPS) is 20.9. The third kappa shape index (κ3) is 2.11. The first-order valence-electron chi connectivity index (χ1n) is 5.58. The van der Waals surface area contributed by atoms with E-state index in [1.54, 1.807) is 0 Å². The van der Waals surface area contributed by atoms with Crippen molar-refractivity contribution in [1.29, 1.82) is 0 Å². The van der Waals surface area contributed by atoms with Gasteiger partial charge in [0.1, 0.15) is 5.78 Å². The first kappa shape index (κ1) is 13.9. The van der Waals surface area contributed by atoms with Gasteiger partial charge in [-0.25, -0.2) is 22.0 Å². The van der Waals surface area contributed by atoms with Crippen LogP contribution in [0.15, 0.2) is 0 Å². The minimum Gasteiger partial charge on any atom is -0.387 e. The largest absolute Gasteiger partial charge is 0.387 e. The molecule has 1 N–H and O–H groups in total. The van der Waals surface area contributed by atoms with E-state index in [1.807, 2.05) is 0 Å². The first-order valence-corrected chi connectivity index (χ1v) is 5.58. The zero-order valence-corrected chi connectivity index (χ0v) is 9.52. The molecule has 104 valence electrons. The minimum absolute atomic E-state index is 0.122. The van der Waals surface area contributed by atoms with E-state index in [4.69, 9.17) is 0 Å². The molecule has 0 aliphatic heterocycles. The summed E-state index contributed by atoms with van der Waals surface area (Å²) in [6, 6.07) is 0. The monoisotopic (exact) mass is 280 g/mol. The van der Waals surface area contributed by atoms with E-state index in [9.17, 15) is 31.9 Å². The second kappa shape index (κ2) is 4.88. The lowest BCUT2D eigenvalue weighted by atomic mass is 9.92. The van der Waals surface area contributed by atoms with Crippen molar-refractivity contribution in [1.82, 2.24) is 0 Å². The van der Waals surface area contributed by atoms with Gasteiger partial charge in [-0.15, -0.1) is 0 Å². The summed E-state index contributed by atoms with van der Waals surface area (Å²) in [7, 11) is 0. The fourth-order valence-electron chi connectivity index (χ4n) is 2.26. The highest BCUT2D eigenvalue weighted by Gasteiger charge is 2.38. The van der Waals surface area contributed by atoms with Crippen LogP contribution in [0.4, 0.5) is 22.0 Å². The van der Waals surface area contributed by atoms with Crippen molar-refractivity contribution in [2.45, 2.75) is 25.4 Å². The Hall–Kier alpha value is -1.50. The van der Waals surface area contributed by atoms with Crippen LogP contribution in [0.2, 0.25) is 0 Å². The third-order valence-electron chi connectivity index (χ3n) is 3.27. The summed E-state index contributed by atoms with van der Waals surface area (Å²) in [5.41, 5.74) is -1.34. The van der Waals surface area contributed by atoms with Crippen LogP contribution in [0.3, 0.4) is 0 Å². The Labute approximate surface area is 104 Å². The van der Waals surface area contributed by atoms with Gasteiger partial charge in [-0.3, -0.25) is 4.79 Å². The van der Waals surface area contributed by atoms with Gasteiger partial charge in [-0.1, -0.05) is 0 Å². The van der Waals surface area contributed by atoms with Crippen LogP contribution in [-0.4, -0.2) is 10.9 Å². The predicted molar refractivity (Wildman–Crippen MR) is 53.5 cm³/mol. The summed E-state index contributed by atoms with van der Waals surface area (Å²) < 4.78 is 65.7. The second-order valence-electron chi connectivity index (χ2n) is 4.39. The Kier molecular flexibility index (Phi) is 3.58. The molecule has 1 aromatic carbocycles. The van der Waals surface area contributed by atoms with Gasteiger partial charge >= 0.3 is 0 Å². The molecule has 1 aliphatic rings. The van der Waals surface area contributed by atoms with Gasteiger partial charge in [0.05, 0.1) is 11.7 Å². The Balaban J connectivity index is 2.53. The molecule has 0 amide bonds. The molecule has 0 saturated heterocycles. The zero-order chi connectivity index (χ0) is 14.3. The van der Waals surface area contributed by atoms with Crippen molar-refractivity contribution in [2.24, 2.45) is 5.92 Å². The second-order valence-corrected chi connectivity index (χ2v) is 4.39. The highest BCUT2D eigenvalue weighted by molar-refractivity contribution is 5.83. The molecule has 2 nitrogen and oxygen atoms in total. The van der Waals surface area contributed by atoms with Crippen LogP contribution in [0.25, 0.3) is 0 Å². The van der Waals surface area contributed by atoms with Crippen molar-refractivity contribution in [2.75, 3.05) is 0 Å². The lowest BCUT2D eigenvalue weighted by Crippen LogP contribution is -2.21. The molecule has 0 radical (unpaired) electrons. The molecule has 1 saturated carbocycles. The number of rotatable bonds is 2. The molecule has 19 heavy (non-hydrogen) atoms. The molecule has 0 aromatic heterocycles. The standard InChI is InChI=1S/C12H9F5O2/c13-7-6(8(14)10(16)11(17)9(7)15)12(19)4-2-1-3-5(4)18/h4,12,19H,1-3H2. The fourth-order valence-corrected chi connectivity index (χ4v) is 2.26. The van der Waals surface area contributed by atoms with E-state index in [0.29, 0.717) is 6.42 Å². The van der Waals surface area contributed by atoms with Crippen molar-refractivity contribution < 1.29 is 31.9 Å². The number of carbonyl (C=O) groups is 1. The fraction of sp³-hybridized carbons (Fsp3) is 0.417. The predicted octanol–water partition coefficient (Wildman–Crippen LogP) is 2.78. The number of hydrogen-bond acceptors (Lipinski definition) is 2. The number of benzene rings is 1. The summed E-state index contributed by atoms with van der Waals surface area (Å²) in [5.74, 6) is -12.3. The molecule has 2 unspecified atom stereocenters. The van der Waals surface area contributed by atoms with Gasteiger partial charge in [0.2, 0.25) is 5.82 Å². The number of carbonyl (C=O) groups excluding carboxylic acids is 1. The molecule has 0 heterocycles. The molecule has 7 heteroatoms. The number of Topliss-reactive ketones (excluding diaryl/α,β-unsaturated/α-hetero) is 1. The lowest BCUT2D eigenvalue weighted by Gasteiger charge is -2.19. The van der Waals surface area contributed by atoms with Crippen molar-refractivity contribution in [3.05, 3.63) is 34.6 Å². The molecular weight excluding hydrogens is 271 g/mol. The van der Waals surface area contributed by atoms with E-state index in [2.05, 4.69) is 0 Å². The number of halogens is 5. The Morgan fingerprint density at radius 2 is 1.42 bits per heavy atom. The van der Waals surface area contributed by atoms with Crippen LogP contribution in [0.1, 0.15) is 30.9 Å². The molecule has 2 rings (SSSR count). The van der Waals surface area contributed by atoms with Gasteiger partial charge in [0, 0.05) is 12.3 Å². The van der Waals surface area contributed by atoms with Crippen LogP contribution in [-0.2, 0) is 4.79 Å². The van der Waals surface area contributed by atoms with Crippen molar-refractivity contribution in [3.63, 3.8) is 0 Å². The van der Waals surface area contributed by atoms with E-state index in [0.717, 1.165) is 0 Å². The zero-order valence-electron chi connectivity index (χ0n) is 9.52. The van der Waals surface area contributed by atoms with Gasteiger partial charge in [-0.05, 0) is 12.8 Å². The maximum absolute atomic E-state index is 13.4. The molecule has 1 fully saturated rings. The molecule has 0 spiro atoms. The SMILES string of the molecule is O=C1CCCC1C(O)c1c(F)c(F)c(F)c(F)c1F. The summed E-state index contributed by atoms with van der Waals surface area (Å²) in [6.07, 6.45) is -1.34. The molecule has 0 bridgehead atoms. The number of aliphatic hydroxyl groups is 1. The Morgan fingerprint density at radius 1 is 0.947 bits per heavy atom. The maximum atomic E-state index is 13.4. The number of hydrogen-bond donors (Lipinski definition) is 1.